The zero-order valence-corrected chi connectivity index (χ0v) is 10.8. The number of alkyl halides is 1. The molecule has 1 aromatic rings. The van der Waals surface area contributed by atoms with Crippen LogP contribution in [0, 0.1) is 0 Å². The van der Waals surface area contributed by atoms with E-state index >= 15 is 0 Å². The molecule has 3 N–H and O–H groups in total. The van der Waals surface area contributed by atoms with Crippen LogP contribution in [0.2, 0.25) is 0 Å². The minimum atomic E-state index is -0.454. The van der Waals surface area contributed by atoms with Crippen molar-refractivity contribution >= 4 is 17.5 Å². The Kier molecular flexibility index (Phi) is 5.74. The normalized spacial score (nSPS) is 12.1. The van der Waals surface area contributed by atoms with E-state index in [2.05, 4.69) is 5.32 Å². The predicted molar refractivity (Wildman–Crippen MR) is 68.2 cm³/mol. The summed E-state index contributed by atoms with van der Waals surface area (Å²) in [7, 11) is 1.55. The lowest BCUT2D eigenvalue weighted by Gasteiger charge is -2.10. The van der Waals surface area contributed by atoms with E-state index in [1.54, 1.807) is 7.11 Å². The van der Waals surface area contributed by atoms with Crippen LogP contribution in [0.5, 0.6) is 11.5 Å². The highest BCUT2D eigenvalue weighted by molar-refractivity contribution is 6.20. The highest BCUT2D eigenvalue weighted by atomic mass is 35.5. The van der Waals surface area contributed by atoms with Crippen LogP contribution >= 0.6 is 11.6 Å². The number of benzene rings is 1. The highest BCUT2D eigenvalue weighted by Crippen LogP contribution is 2.21. The van der Waals surface area contributed by atoms with Gasteiger partial charge in [-0.25, -0.2) is 0 Å². The molecular weight excluding hydrogens is 258 g/mol. The van der Waals surface area contributed by atoms with E-state index in [1.165, 1.54) is 18.2 Å². The number of ether oxygens (including phenoxy) is 1. The lowest BCUT2D eigenvalue weighted by molar-refractivity contribution is 0.0948. The van der Waals surface area contributed by atoms with Crippen LogP contribution in [0.25, 0.3) is 0 Å². The fourth-order valence-corrected chi connectivity index (χ4v) is 1.64. The van der Waals surface area contributed by atoms with E-state index in [0.29, 0.717) is 19.6 Å². The third-order valence-electron chi connectivity index (χ3n) is 2.32. The zero-order chi connectivity index (χ0) is 13.5. The summed E-state index contributed by atoms with van der Waals surface area (Å²) in [6, 6.07) is 3.77. The van der Waals surface area contributed by atoms with Crippen LogP contribution in [0.1, 0.15) is 16.8 Å². The molecule has 18 heavy (non-hydrogen) atoms. The summed E-state index contributed by atoms with van der Waals surface area (Å²) in [6.07, 6.45) is 0.556. The smallest absolute Gasteiger partial charge is 0.255 e. The lowest BCUT2D eigenvalue weighted by atomic mass is 10.1. The largest absolute Gasteiger partial charge is 0.508 e. The molecule has 1 aromatic carbocycles. The average Bonchev–Trinajstić information content (AvgIpc) is 2.32. The molecule has 0 aliphatic heterocycles. The summed E-state index contributed by atoms with van der Waals surface area (Å²) in [5, 5.41) is 21.2. The van der Waals surface area contributed by atoms with Crippen LogP contribution in [0.15, 0.2) is 18.2 Å². The Hall–Kier alpha value is -1.46. The first-order valence-electron chi connectivity index (χ1n) is 5.47. The molecule has 0 aromatic heterocycles. The van der Waals surface area contributed by atoms with Gasteiger partial charge in [-0.15, -0.1) is 11.6 Å². The van der Waals surface area contributed by atoms with Crippen molar-refractivity contribution in [1.82, 2.24) is 5.32 Å². The number of halogens is 1. The Morgan fingerprint density at radius 1 is 1.50 bits per heavy atom. The molecular formula is C12H16ClNO4. The molecule has 5 nitrogen and oxygen atoms in total. The summed E-state index contributed by atoms with van der Waals surface area (Å²) < 4.78 is 4.86. The fraction of sp³-hybridized carbons (Fsp3) is 0.417. The van der Waals surface area contributed by atoms with E-state index in [4.69, 9.17) is 16.3 Å². The molecule has 0 fully saturated rings. The SMILES string of the molecule is COCC(Cl)CCNC(=O)c1cc(O)ccc1O. The molecule has 1 atom stereocenters. The Labute approximate surface area is 110 Å². The van der Waals surface area contributed by atoms with Gasteiger partial charge in [0.2, 0.25) is 0 Å². The monoisotopic (exact) mass is 273 g/mol. The number of aromatic hydroxyl groups is 2. The van der Waals surface area contributed by atoms with Crippen molar-refractivity contribution in [3.8, 4) is 11.5 Å². The summed E-state index contributed by atoms with van der Waals surface area (Å²) >= 11 is 5.90. The maximum absolute atomic E-state index is 11.7. The van der Waals surface area contributed by atoms with Crippen LogP contribution in [0.4, 0.5) is 0 Å². The van der Waals surface area contributed by atoms with Crippen molar-refractivity contribution in [2.45, 2.75) is 11.8 Å². The van der Waals surface area contributed by atoms with Crippen LogP contribution in [0.3, 0.4) is 0 Å². The molecule has 1 unspecified atom stereocenters. The van der Waals surface area contributed by atoms with Gasteiger partial charge in [-0.3, -0.25) is 4.79 Å². The quantitative estimate of drug-likeness (QED) is 0.542. The summed E-state index contributed by atoms with van der Waals surface area (Å²) in [5.41, 5.74) is 0.0351. The lowest BCUT2D eigenvalue weighted by Crippen LogP contribution is -2.27. The van der Waals surface area contributed by atoms with E-state index in [1.807, 2.05) is 0 Å². The molecule has 0 radical (unpaired) electrons. The zero-order valence-electron chi connectivity index (χ0n) is 10.0. The van der Waals surface area contributed by atoms with Crippen LogP contribution in [-0.4, -0.2) is 41.8 Å². The van der Waals surface area contributed by atoms with Gasteiger partial charge in [-0.2, -0.15) is 0 Å². The molecule has 0 heterocycles. The number of phenolic OH excluding ortho intramolecular Hbond substituents is 2. The first kappa shape index (κ1) is 14.6. The predicted octanol–water partition coefficient (Wildman–Crippen LogP) is 1.47. The van der Waals surface area contributed by atoms with E-state index in [9.17, 15) is 15.0 Å². The van der Waals surface area contributed by atoms with Gasteiger partial charge < -0.3 is 20.3 Å². The topological polar surface area (TPSA) is 78.8 Å². The maximum Gasteiger partial charge on any atom is 0.255 e. The van der Waals surface area contributed by atoms with Gasteiger partial charge in [0, 0.05) is 13.7 Å². The number of methoxy groups -OCH3 is 1. The number of hydrogen-bond acceptors (Lipinski definition) is 4. The van der Waals surface area contributed by atoms with E-state index in [0.717, 1.165) is 0 Å². The van der Waals surface area contributed by atoms with Crippen molar-refractivity contribution < 1.29 is 19.7 Å². The minimum Gasteiger partial charge on any atom is -0.508 e. The number of carbonyl (C=O) groups excluding carboxylic acids is 1. The van der Waals surface area contributed by atoms with Crippen molar-refractivity contribution in [2.75, 3.05) is 20.3 Å². The minimum absolute atomic E-state index is 0.0351. The molecule has 0 bridgehead atoms. The van der Waals surface area contributed by atoms with Gasteiger partial charge in [0.05, 0.1) is 17.5 Å². The van der Waals surface area contributed by atoms with Gasteiger partial charge in [-0.05, 0) is 24.6 Å². The summed E-state index contributed by atoms with van der Waals surface area (Å²) in [4.78, 5) is 11.7. The van der Waals surface area contributed by atoms with Crippen molar-refractivity contribution in [3.63, 3.8) is 0 Å². The number of amides is 1. The number of hydrogen-bond donors (Lipinski definition) is 3. The molecule has 6 heteroatoms. The van der Waals surface area contributed by atoms with Crippen molar-refractivity contribution in [2.24, 2.45) is 0 Å². The van der Waals surface area contributed by atoms with Gasteiger partial charge in [0.25, 0.3) is 5.91 Å². The molecule has 100 valence electrons. The second-order valence-electron chi connectivity index (χ2n) is 3.80. The van der Waals surface area contributed by atoms with E-state index in [-0.39, 0.29) is 22.4 Å². The highest BCUT2D eigenvalue weighted by Gasteiger charge is 2.12. The van der Waals surface area contributed by atoms with Gasteiger partial charge in [-0.1, -0.05) is 0 Å². The molecule has 0 saturated carbocycles. The molecule has 0 aliphatic rings. The summed E-state index contributed by atoms with van der Waals surface area (Å²) in [6.45, 7) is 0.778. The molecule has 0 aliphatic carbocycles. The van der Waals surface area contributed by atoms with Gasteiger partial charge in [0.1, 0.15) is 11.5 Å². The molecule has 1 amide bonds. The first-order chi connectivity index (χ1) is 8.54. The van der Waals surface area contributed by atoms with Crippen molar-refractivity contribution in [1.29, 1.82) is 0 Å². The number of rotatable bonds is 6. The number of phenols is 2. The average molecular weight is 274 g/mol. The van der Waals surface area contributed by atoms with Crippen molar-refractivity contribution in [3.05, 3.63) is 23.8 Å². The molecule has 1 rings (SSSR count). The second kappa shape index (κ2) is 7.08. The fourth-order valence-electron chi connectivity index (χ4n) is 1.41. The Morgan fingerprint density at radius 3 is 2.89 bits per heavy atom. The standard InChI is InChI=1S/C12H16ClNO4/c1-18-7-8(13)4-5-14-12(17)10-6-9(15)2-3-11(10)16/h2-3,6,8,15-16H,4-5,7H2,1H3,(H,14,17). The van der Waals surface area contributed by atoms with Gasteiger partial charge in [0.15, 0.2) is 0 Å². The second-order valence-corrected chi connectivity index (χ2v) is 4.42. The van der Waals surface area contributed by atoms with Crippen LogP contribution < -0.4 is 5.32 Å². The Morgan fingerprint density at radius 2 is 2.22 bits per heavy atom. The third-order valence-corrected chi connectivity index (χ3v) is 2.66. The Balaban J connectivity index is 2.48. The first-order valence-corrected chi connectivity index (χ1v) is 5.91. The van der Waals surface area contributed by atoms with Gasteiger partial charge >= 0.3 is 0 Å². The number of carbonyl (C=O) groups is 1. The summed E-state index contributed by atoms with van der Waals surface area (Å²) in [5.74, 6) is -0.707. The molecule has 0 saturated heterocycles. The van der Waals surface area contributed by atoms with Crippen LogP contribution in [-0.2, 0) is 4.74 Å². The maximum atomic E-state index is 11.7. The third kappa shape index (κ3) is 4.43. The molecule has 0 spiro atoms. The number of nitrogens with one attached hydrogen (secondary N) is 1. The Bertz CT molecular complexity index is 411. The van der Waals surface area contributed by atoms with E-state index < -0.39 is 5.91 Å².